The highest BCUT2D eigenvalue weighted by Gasteiger charge is 2.39. The Bertz CT molecular complexity index is 313. The molecule has 1 atom stereocenters. The average molecular weight is 251 g/mol. The molecule has 1 unspecified atom stereocenters. The fourth-order valence-corrected chi connectivity index (χ4v) is 2.75. The van der Waals surface area contributed by atoms with Crippen LogP contribution < -0.4 is 5.73 Å². The Hall–Kier alpha value is -1.08. The molecule has 1 fully saturated rings. The minimum absolute atomic E-state index is 0.0332. The summed E-state index contributed by atoms with van der Waals surface area (Å²) in [6, 6.07) is 2.09. The van der Waals surface area contributed by atoms with Gasteiger partial charge in [-0.15, -0.1) is 0 Å². The van der Waals surface area contributed by atoms with Crippen molar-refractivity contribution in [2.24, 2.45) is 11.1 Å². The molecule has 0 radical (unpaired) electrons. The van der Waals surface area contributed by atoms with Crippen molar-refractivity contribution in [3.05, 3.63) is 0 Å². The Morgan fingerprint density at radius 1 is 1.39 bits per heavy atom. The molecule has 1 aliphatic rings. The lowest BCUT2D eigenvalue weighted by Gasteiger charge is -2.36. The van der Waals surface area contributed by atoms with E-state index in [1.165, 1.54) is 12.8 Å². The van der Waals surface area contributed by atoms with Crippen LogP contribution in [0.3, 0.4) is 0 Å². The molecule has 4 nitrogen and oxygen atoms in total. The summed E-state index contributed by atoms with van der Waals surface area (Å²) in [4.78, 5) is 14.4. The lowest BCUT2D eigenvalue weighted by molar-refractivity contribution is -0.143. The van der Waals surface area contributed by atoms with Gasteiger partial charge in [0, 0.05) is 19.6 Å². The predicted molar refractivity (Wildman–Crippen MR) is 71.7 cm³/mol. The maximum Gasteiger partial charge on any atom is 0.230 e. The monoisotopic (exact) mass is 251 g/mol. The number of rotatable bonds is 4. The van der Waals surface area contributed by atoms with Crippen LogP contribution in [0.15, 0.2) is 0 Å². The Labute approximate surface area is 110 Å². The standard InChI is InChI=1S/C14H25N3O/c1-12(7-10-15)17(2)13(18)14(11-16)8-5-3-4-6-9-14/h12H,3-9,11,16H2,1-2H3. The van der Waals surface area contributed by atoms with Crippen molar-refractivity contribution in [2.75, 3.05) is 13.6 Å². The summed E-state index contributed by atoms with van der Waals surface area (Å²) >= 11 is 0. The predicted octanol–water partition coefficient (Wildman–Crippen LogP) is 2.05. The number of hydrogen-bond acceptors (Lipinski definition) is 3. The molecular formula is C14H25N3O. The van der Waals surface area contributed by atoms with Crippen molar-refractivity contribution in [3.63, 3.8) is 0 Å². The van der Waals surface area contributed by atoms with Gasteiger partial charge in [-0.25, -0.2) is 0 Å². The van der Waals surface area contributed by atoms with E-state index < -0.39 is 0 Å². The molecule has 0 aromatic heterocycles. The number of nitrogens with zero attached hydrogens (tertiary/aromatic N) is 2. The van der Waals surface area contributed by atoms with Gasteiger partial charge < -0.3 is 10.6 Å². The van der Waals surface area contributed by atoms with Crippen LogP contribution in [-0.4, -0.2) is 30.4 Å². The molecule has 102 valence electrons. The van der Waals surface area contributed by atoms with E-state index in [9.17, 15) is 4.79 Å². The van der Waals surface area contributed by atoms with Gasteiger partial charge in [-0.3, -0.25) is 4.79 Å². The van der Waals surface area contributed by atoms with Gasteiger partial charge in [0.25, 0.3) is 0 Å². The van der Waals surface area contributed by atoms with Crippen molar-refractivity contribution < 1.29 is 4.79 Å². The molecule has 0 aromatic rings. The Morgan fingerprint density at radius 3 is 2.39 bits per heavy atom. The summed E-state index contributed by atoms with van der Waals surface area (Å²) < 4.78 is 0. The first-order valence-corrected chi connectivity index (χ1v) is 6.91. The van der Waals surface area contributed by atoms with Crippen molar-refractivity contribution in [1.29, 1.82) is 5.26 Å². The Morgan fingerprint density at radius 2 is 1.94 bits per heavy atom. The van der Waals surface area contributed by atoms with E-state index in [1.807, 2.05) is 6.92 Å². The van der Waals surface area contributed by atoms with E-state index >= 15 is 0 Å². The van der Waals surface area contributed by atoms with Gasteiger partial charge in [-0.05, 0) is 19.8 Å². The van der Waals surface area contributed by atoms with Crippen molar-refractivity contribution >= 4 is 5.91 Å². The minimum Gasteiger partial charge on any atom is -0.341 e. The smallest absolute Gasteiger partial charge is 0.230 e. The third kappa shape index (κ3) is 3.23. The van der Waals surface area contributed by atoms with E-state index in [4.69, 9.17) is 11.0 Å². The third-order valence-electron chi connectivity index (χ3n) is 4.27. The van der Waals surface area contributed by atoms with Crippen molar-refractivity contribution in [3.8, 4) is 6.07 Å². The van der Waals surface area contributed by atoms with E-state index in [-0.39, 0.29) is 17.4 Å². The molecule has 1 amide bonds. The largest absolute Gasteiger partial charge is 0.341 e. The summed E-state index contributed by atoms with van der Waals surface area (Å²) in [5.74, 6) is 0.134. The fraction of sp³-hybridized carbons (Fsp3) is 0.857. The molecule has 1 saturated carbocycles. The average Bonchev–Trinajstić information content (AvgIpc) is 2.63. The van der Waals surface area contributed by atoms with Crippen LogP contribution >= 0.6 is 0 Å². The first-order valence-electron chi connectivity index (χ1n) is 6.91. The number of carbonyl (C=O) groups is 1. The molecule has 18 heavy (non-hydrogen) atoms. The van der Waals surface area contributed by atoms with Crippen LogP contribution in [0.1, 0.15) is 51.9 Å². The van der Waals surface area contributed by atoms with Crippen LogP contribution in [0.25, 0.3) is 0 Å². The topological polar surface area (TPSA) is 70.1 Å². The van der Waals surface area contributed by atoms with Gasteiger partial charge in [-0.2, -0.15) is 5.26 Å². The quantitative estimate of drug-likeness (QED) is 0.777. The molecule has 0 aliphatic heterocycles. The van der Waals surface area contributed by atoms with Crippen LogP contribution in [0, 0.1) is 16.7 Å². The molecule has 1 aliphatic carbocycles. The van der Waals surface area contributed by atoms with E-state index in [0.29, 0.717) is 13.0 Å². The lowest BCUT2D eigenvalue weighted by atomic mass is 9.78. The number of nitriles is 1. The van der Waals surface area contributed by atoms with E-state index in [0.717, 1.165) is 25.7 Å². The molecule has 0 bridgehead atoms. The highest BCUT2D eigenvalue weighted by atomic mass is 16.2. The number of nitrogens with two attached hydrogens (primary N) is 1. The molecule has 0 heterocycles. The van der Waals surface area contributed by atoms with Gasteiger partial charge in [-0.1, -0.05) is 25.7 Å². The van der Waals surface area contributed by atoms with Gasteiger partial charge in [0.05, 0.1) is 17.9 Å². The Balaban J connectivity index is 2.80. The maximum atomic E-state index is 12.7. The first kappa shape index (κ1) is 15.0. The van der Waals surface area contributed by atoms with Crippen molar-refractivity contribution in [1.82, 2.24) is 4.90 Å². The second-order valence-corrected chi connectivity index (χ2v) is 5.53. The third-order valence-corrected chi connectivity index (χ3v) is 4.27. The van der Waals surface area contributed by atoms with Crippen LogP contribution in [0.5, 0.6) is 0 Å². The zero-order valence-electron chi connectivity index (χ0n) is 11.6. The number of amides is 1. The summed E-state index contributed by atoms with van der Waals surface area (Å²) in [5.41, 5.74) is 5.53. The number of hydrogen-bond donors (Lipinski definition) is 1. The maximum absolute atomic E-state index is 12.7. The van der Waals surface area contributed by atoms with Gasteiger partial charge >= 0.3 is 0 Å². The summed E-state index contributed by atoms with van der Waals surface area (Å²) in [6.07, 6.45) is 6.74. The molecular weight excluding hydrogens is 226 g/mol. The summed E-state index contributed by atoms with van der Waals surface area (Å²) in [6.45, 7) is 2.34. The zero-order valence-corrected chi connectivity index (χ0v) is 11.6. The molecule has 4 heteroatoms. The van der Waals surface area contributed by atoms with Gasteiger partial charge in [0.15, 0.2) is 0 Å². The summed E-state index contributed by atoms with van der Waals surface area (Å²) in [7, 11) is 1.80. The highest BCUT2D eigenvalue weighted by Crippen LogP contribution is 2.36. The number of carbonyl (C=O) groups excluding carboxylic acids is 1. The van der Waals surface area contributed by atoms with Gasteiger partial charge in [0.2, 0.25) is 5.91 Å². The highest BCUT2D eigenvalue weighted by molar-refractivity contribution is 5.83. The van der Waals surface area contributed by atoms with Gasteiger partial charge in [0.1, 0.15) is 0 Å². The molecule has 0 aromatic carbocycles. The van der Waals surface area contributed by atoms with Crippen LogP contribution in [-0.2, 0) is 4.79 Å². The first-order chi connectivity index (χ1) is 8.57. The molecule has 0 saturated heterocycles. The molecule has 2 N–H and O–H groups in total. The fourth-order valence-electron chi connectivity index (χ4n) is 2.75. The minimum atomic E-state index is -0.380. The van der Waals surface area contributed by atoms with E-state index in [2.05, 4.69) is 6.07 Å². The second kappa shape index (κ2) is 6.75. The Kier molecular flexibility index (Phi) is 5.61. The molecule has 0 spiro atoms. The van der Waals surface area contributed by atoms with Crippen LogP contribution in [0.4, 0.5) is 0 Å². The van der Waals surface area contributed by atoms with Crippen LogP contribution in [0.2, 0.25) is 0 Å². The zero-order chi connectivity index (χ0) is 13.6. The summed E-state index contributed by atoms with van der Waals surface area (Å²) in [5, 5.41) is 8.73. The second-order valence-electron chi connectivity index (χ2n) is 5.53. The SMILES string of the molecule is CC(CC#N)N(C)C(=O)C1(CN)CCCCCC1. The van der Waals surface area contributed by atoms with E-state index in [1.54, 1.807) is 11.9 Å². The normalized spacial score (nSPS) is 20.6. The lowest BCUT2D eigenvalue weighted by Crippen LogP contribution is -2.49. The van der Waals surface area contributed by atoms with Crippen molar-refractivity contribution in [2.45, 2.75) is 57.9 Å². The molecule has 1 rings (SSSR count).